The van der Waals surface area contributed by atoms with Gasteiger partial charge in [0.15, 0.2) is 17.1 Å². The summed E-state index contributed by atoms with van der Waals surface area (Å²) in [6, 6.07) is 11.5. The van der Waals surface area contributed by atoms with Crippen molar-refractivity contribution in [1.82, 2.24) is 24.8 Å². The summed E-state index contributed by atoms with van der Waals surface area (Å²) in [5.41, 5.74) is 1.85. The van der Waals surface area contributed by atoms with Crippen molar-refractivity contribution in [1.29, 1.82) is 0 Å². The summed E-state index contributed by atoms with van der Waals surface area (Å²) in [4.78, 5) is 15.0. The first-order valence-electron chi connectivity index (χ1n) is 11.1. The summed E-state index contributed by atoms with van der Waals surface area (Å²) in [6.45, 7) is 5.58. The molecule has 170 valence electrons. The highest BCUT2D eigenvalue weighted by molar-refractivity contribution is 5.75. The van der Waals surface area contributed by atoms with Crippen LogP contribution in [0, 0.1) is 5.92 Å². The first-order valence-corrected chi connectivity index (χ1v) is 11.1. The molecule has 1 aromatic carbocycles. The van der Waals surface area contributed by atoms with Gasteiger partial charge in [-0.2, -0.15) is 0 Å². The van der Waals surface area contributed by atoms with Gasteiger partial charge in [0.2, 0.25) is 0 Å². The van der Waals surface area contributed by atoms with Gasteiger partial charge >= 0.3 is 6.03 Å². The van der Waals surface area contributed by atoms with Crippen LogP contribution in [0.5, 0.6) is 11.5 Å². The molecule has 8 heteroatoms. The Hall–Kier alpha value is -3.29. The van der Waals surface area contributed by atoms with Gasteiger partial charge in [-0.15, -0.1) is 10.2 Å². The Morgan fingerprint density at radius 3 is 2.50 bits per heavy atom. The van der Waals surface area contributed by atoms with E-state index in [1.165, 1.54) is 0 Å². The molecule has 8 nitrogen and oxygen atoms in total. The van der Waals surface area contributed by atoms with E-state index in [0.717, 1.165) is 29.9 Å². The molecule has 1 aliphatic rings. The number of likely N-dealkylation sites (tertiary alicyclic amines) is 1. The summed E-state index contributed by atoms with van der Waals surface area (Å²) >= 11 is 0. The minimum absolute atomic E-state index is 0.0389. The molecule has 0 spiro atoms. The average Bonchev–Trinajstić information content (AvgIpc) is 3.26. The van der Waals surface area contributed by atoms with Crippen molar-refractivity contribution in [3.8, 4) is 11.5 Å². The maximum atomic E-state index is 13.1. The number of carbonyl (C=O) groups excluding carboxylic acids is 1. The fourth-order valence-electron chi connectivity index (χ4n) is 4.38. The maximum Gasteiger partial charge on any atom is 0.317 e. The number of nitrogens with zero attached hydrogens (tertiary/aromatic N) is 4. The van der Waals surface area contributed by atoms with Gasteiger partial charge in [-0.05, 0) is 48.6 Å². The molecular weight excluding hydrogens is 406 g/mol. The molecule has 0 saturated carbocycles. The molecule has 0 bridgehead atoms. The molecule has 2 amide bonds. The normalized spacial score (nSPS) is 15.7. The molecule has 1 saturated heterocycles. The van der Waals surface area contributed by atoms with Crippen LogP contribution in [0.3, 0.4) is 0 Å². The van der Waals surface area contributed by atoms with Gasteiger partial charge in [0.1, 0.15) is 5.82 Å². The third kappa shape index (κ3) is 4.35. The van der Waals surface area contributed by atoms with Gasteiger partial charge in [-0.1, -0.05) is 26.0 Å². The van der Waals surface area contributed by atoms with E-state index < -0.39 is 0 Å². The van der Waals surface area contributed by atoms with E-state index in [9.17, 15) is 4.79 Å². The topological polar surface area (TPSA) is 81.0 Å². The number of urea groups is 1. The largest absolute Gasteiger partial charge is 0.493 e. The summed E-state index contributed by atoms with van der Waals surface area (Å²) in [5.74, 6) is 2.82. The highest BCUT2D eigenvalue weighted by Crippen LogP contribution is 2.33. The van der Waals surface area contributed by atoms with E-state index in [2.05, 4.69) is 29.4 Å². The number of pyridine rings is 1. The zero-order valence-corrected chi connectivity index (χ0v) is 19.1. The van der Waals surface area contributed by atoms with Crippen LogP contribution < -0.4 is 14.8 Å². The van der Waals surface area contributed by atoms with Gasteiger partial charge in [0, 0.05) is 25.2 Å². The van der Waals surface area contributed by atoms with E-state index in [-0.39, 0.29) is 18.0 Å². The first-order chi connectivity index (χ1) is 15.5. The van der Waals surface area contributed by atoms with Gasteiger partial charge in [0.05, 0.1) is 20.3 Å². The van der Waals surface area contributed by atoms with E-state index in [1.807, 2.05) is 51.9 Å². The fourth-order valence-corrected chi connectivity index (χ4v) is 4.38. The van der Waals surface area contributed by atoms with Crippen LogP contribution in [0.4, 0.5) is 4.79 Å². The van der Waals surface area contributed by atoms with Gasteiger partial charge in [-0.25, -0.2) is 4.79 Å². The second-order valence-electron chi connectivity index (χ2n) is 8.53. The minimum Gasteiger partial charge on any atom is -0.493 e. The van der Waals surface area contributed by atoms with Crippen LogP contribution in [-0.2, 0) is 0 Å². The third-order valence-electron chi connectivity index (χ3n) is 6.20. The molecule has 0 radical (unpaired) electrons. The van der Waals surface area contributed by atoms with E-state index in [0.29, 0.717) is 30.5 Å². The van der Waals surface area contributed by atoms with Crippen molar-refractivity contribution >= 4 is 11.7 Å². The monoisotopic (exact) mass is 437 g/mol. The minimum atomic E-state index is -0.125. The second kappa shape index (κ2) is 9.46. The number of piperidine rings is 1. The average molecular weight is 438 g/mol. The predicted octanol–water partition coefficient (Wildman–Crippen LogP) is 4.03. The molecule has 1 atom stereocenters. The number of fused-ring (bicyclic) bond motifs is 1. The SMILES string of the molecule is COc1ccc([C@@H](NC(=O)N2CCC(c3nnc4ccccn34)CC2)C(C)C)cc1OC. The van der Waals surface area contributed by atoms with Crippen molar-refractivity contribution in [2.75, 3.05) is 27.3 Å². The first kappa shape index (κ1) is 21.9. The summed E-state index contributed by atoms with van der Waals surface area (Å²) < 4.78 is 12.8. The maximum absolute atomic E-state index is 13.1. The lowest BCUT2D eigenvalue weighted by Gasteiger charge is -2.33. The summed E-state index contributed by atoms with van der Waals surface area (Å²) in [6.07, 6.45) is 3.73. The lowest BCUT2D eigenvalue weighted by Crippen LogP contribution is -2.46. The number of carbonyl (C=O) groups is 1. The predicted molar refractivity (Wildman–Crippen MR) is 122 cm³/mol. The molecule has 0 aliphatic carbocycles. The highest BCUT2D eigenvalue weighted by atomic mass is 16.5. The van der Waals surface area contributed by atoms with Crippen molar-refractivity contribution in [2.45, 2.75) is 38.6 Å². The Labute approximate surface area is 188 Å². The van der Waals surface area contributed by atoms with Crippen molar-refractivity contribution in [3.63, 3.8) is 0 Å². The Bertz CT molecular complexity index is 1070. The smallest absolute Gasteiger partial charge is 0.317 e. The van der Waals surface area contributed by atoms with Crippen LogP contribution in [0.1, 0.15) is 50.0 Å². The third-order valence-corrected chi connectivity index (χ3v) is 6.20. The fraction of sp³-hybridized carbons (Fsp3) is 0.458. The standard InChI is InChI=1S/C24H31N5O3/c1-16(2)22(18-8-9-19(31-3)20(15-18)32-4)25-24(30)28-13-10-17(11-14-28)23-27-26-21-7-5-6-12-29(21)23/h5-9,12,15-17,22H,10-11,13-14H2,1-4H3,(H,25,30)/t22-/m0/s1. The highest BCUT2D eigenvalue weighted by Gasteiger charge is 2.29. The number of hydrogen-bond donors (Lipinski definition) is 1. The number of amides is 2. The molecule has 4 rings (SSSR count). The van der Waals surface area contributed by atoms with E-state index in [1.54, 1.807) is 14.2 Å². The van der Waals surface area contributed by atoms with Crippen LogP contribution in [0.15, 0.2) is 42.6 Å². The van der Waals surface area contributed by atoms with Crippen LogP contribution >= 0.6 is 0 Å². The zero-order valence-electron chi connectivity index (χ0n) is 19.1. The van der Waals surface area contributed by atoms with Crippen molar-refractivity contribution in [3.05, 3.63) is 54.0 Å². The zero-order chi connectivity index (χ0) is 22.7. The van der Waals surface area contributed by atoms with E-state index in [4.69, 9.17) is 9.47 Å². The Kier molecular flexibility index (Phi) is 6.48. The molecule has 1 fully saturated rings. The quantitative estimate of drug-likeness (QED) is 0.630. The summed E-state index contributed by atoms with van der Waals surface area (Å²) in [5, 5.41) is 11.9. The van der Waals surface area contributed by atoms with Gasteiger partial charge < -0.3 is 19.7 Å². The van der Waals surface area contributed by atoms with Crippen molar-refractivity contribution < 1.29 is 14.3 Å². The molecule has 0 unspecified atom stereocenters. The molecule has 3 heterocycles. The number of ether oxygens (including phenoxy) is 2. The van der Waals surface area contributed by atoms with Crippen LogP contribution in [0.2, 0.25) is 0 Å². The van der Waals surface area contributed by atoms with Crippen molar-refractivity contribution in [2.24, 2.45) is 5.92 Å². The lowest BCUT2D eigenvalue weighted by molar-refractivity contribution is 0.173. The number of nitrogens with one attached hydrogen (secondary N) is 1. The Morgan fingerprint density at radius 2 is 1.81 bits per heavy atom. The molecule has 1 aliphatic heterocycles. The molecule has 3 aromatic rings. The second-order valence-corrected chi connectivity index (χ2v) is 8.53. The number of hydrogen-bond acceptors (Lipinski definition) is 5. The van der Waals surface area contributed by atoms with Crippen LogP contribution in [-0.4, -0.2) is 52.8 Å². The lowest BCUT2D eigenvalue weighted by atomic mass is 9.95. The number of rotatable bonds is 6. The Balaban J connectivity index is 1.42. The molecular formula is C24H31N5O3. The number of methoxy groups -OCH3 is 2. The number of benzene rings is 1. The summed E-state index contributed by atoms with van der Waals surface area (Å²) in [7, 11) is 3.23. The van der Waals surface area contributed by atoms with E-state index >= 15 is 0 Å². The Morgan fingerprint density at radius 1 is 1.06 bits per heavy atom. The molecule has 32 heavy (non-hydrogen) atoms. The molecule has 1 N–H and O–H groups in total. The molecule has 2 aromatic heterocycles. The number of aromatic nitrogens is 3. The van der Waals surface area contributed by atoms with Gasteiger partial charge in [0.25, 0.3) is 0 Å². The van der Waals surface area contributed by atoms with Gasteiger partial charge in [-0.3, -0.25) is 4.40 Å². The van der Waals surface area contributed by atoms with Crippen LogP contribution in [0.25, 0.3) is 5.65 Å².